The Balaban J connectivity index is 1.49. The summed E-state index contributed by atoms with van der Waals surface area (Å²) in [5.74, 6) is 1.15. The van der Waals surface area contributed by atoms with Crippen LogP contribution in [0.5, 0.6) is 0 Å². The van der Waals surface area contributed by atoms with Gasteiger partial charge in [-0.15, -0.1) is 11.3 Å². The summed E-state index contributed by atoms with van der Waals surface area (Å²) in [7, 11) is 0. The maximum absolute atomic E-state index is 12.3. The molecule has 0 aliphatic carbocycles. The van der Waals surface area contributed by atoms with Gasteiger partial charge in [-0.1, -0.05) is 30.0 Å². The van der Waals surface area contributed by atoms with Crippen molar-refractivity contribution in [3.05, 3.63) is 46.7 Å². The van der Waals surface area contributed by atoms with E-state index in [0.717, 1.165) is 39.8 Å². The van der Waals surface area contributed by atoms with Gasteiger partial charge in [-0.3, -0.25) is 4.79 Å². The fourth-order valence-corrected chi connectivity index (χ4v) is 4.32. The molecule has 1 amide bonds. The zero-order valence-corrected chi connectivity index (χ0v) is 16.4. The summed E-state index contributed by atoms with van der Waals surface area (Å²) in [6.07, 6.45) is 0. The van der Waals surface area contributed by atoms with E-state index in [1.54, 1.807) is 11.3 Å². The summed E-state index contributed by atoms with van der Waals surface area (Å²) in [5, 5.41) is 5.76. The number of thioether (sulfide) groups is 1. The lowest BCUT2D eigenvalue weighted by molar-refractivity contribution is -0.118. The molecule has 1 aliphatic heterocycles. The number of aromatic nitrogens is 2. The number of rotatable bonds is 6. The Hall–Kier alpha value is -2.16. The van der Waals surface area contributed by atoms with Crippen molar-refractivity contribution in [3.8, 4) is 0 Å². The molecule has 0 unspecified atom stereocenters. The summed E-state index contributed by atoms with van der Waals surface area (Å²) in [4.78, 5) is 25.2. The van der Waals surface area contributed by atoms with Gasteiger partial charge in [0.1, 0.15) is 5.03 Å². The number of anilines is 1. The molecule has 0 radical (unpaired) electrons. The van der Waals surface area contributed by atoms with Crippen LogP contribution in [0.1, 0.15) is 4.88 Å². The van der Waals surface area contributed by atoms with Crippen LogP contribution in [0.3, 0.4) is 0 Å². The second-order valence-corrected chi connectivity index (χ2v) is 8.08. The lowest BCUT2D eigenvalue weighted by Crippen LogP contribution is -2.37. The van der Waals surface area contributed by atoms with Crippen molar-refractivity contribution in [2.45, 2.75) is 11.6 Å². The summed E-state index contributed by atoms with van der Waals surface area (Å²) < 4.78 is 5.45. The highest BCUT2D eigenvalue weighted by Gasteiger charge is 2.19. The van der Waals surface area contributed by atoms with Crippen molar-refractivity contribution < 1.29 is 9.53 Å². The molecule has 1 aliphatic rings. The van der Waals surface area contributed by atoms with Crippen LogP contribution in [0, 0.1) is 0 Å². The number of morpholine rings is 1. The first kappa shape index (κ1) is 18.2. The van der Waals surface area contributed by atoms with Crippen LogP contribution in [0.4, 0.5) is 5.82 Å². The molecule has 1 fully saturated rings. The fraction of sp³-hybridized carbons (Fsp3) is 0.316. The van der Waals surface area contributed by atoms with Crippen molar-refractivity contribution in [1.29, 1.82) is 0 Å². The number of para-hydroxylation sites is 2. The Morgan fingerprint density at radius 3 is 2.67 bits per heavy atom. The number of carbonyl (C=O) groups excluding carboxylic acids is 1. The molecular weight excluding hydrogens is 380 g/mol. The van der Waals surface area contributed by atoms with E-state index in [2.05, 4.69) is 10.2 Å². The predicted octanol–water partition coefficient (Wildman–Crippen LogP) is 2.94. The Morgan fingerprint density at radius 1 is 1.15 bits per heavy atom. The van der Waals surface area contributed by atoms with Gasteiger partial charge in [0.2, 0.25) is 5.91 Å². The smallest absolute Gasteiger partial charge is 0.230 e. The number of carbonyl (C=O) groups is 1. The van der Waals surface area contributed by atoms with E-state index in [4.69, 9.17) is 14.7 Å². The zero-order chi connectivity index (χ0) is 18.5. The zero-order valence-electron chi connectivity index (χ0n) is 14.8. The third kappa shape index (κ3) is 4.58. The number of hydrogen-bond donors (Lipinski definition) is 1. The topological polar surface area (TPSA) is 67.4 Å². The molecule has 0 spiro atoms. The molecule has 1 saturated heterocycles. The van der Waals surface area contributed by atoms with Crippen molar-refractivity contribution in [2.24, 2.45) is 0 Å². The Kier molecular flexibility index (Phi) is 5.86. The molecule has 4 rings (SSSR count). The van der Waals surface area contributed by atoms with Gasteiger partial charge < -0.3 is 15.0 Å². The van der Waals surface area contributed by atoms with Gasteiger partial charge in [-0.25, -0.2) is 9.97 Å². The first-order chi connectivity index (χ1) is 13.3. The van der Waals surface area contributed by atoms with Crippen LogP contribution in [-0.4, -0.2) is 47.9 Å². The van der Waals surface area contributed by atoms with Crippen molar-refractivity contribution in [3.63, 3.8) is 0 Å². The van der Waals surface area contributed by atoms with Gasteiger partial charge in [0, 0.05) is 18.0 Å². The Bertz CT molecular complexity index is 911. The fourth-order valence-electron chi connectivity index (χ4n) is 2.84. The summed E-state index contributed by atoms with van der Waals surface area (Å²) in [6.45, 7) is 3.49. The number of nitrogens with zero attached hydrogens (tertiary/aromatic N) is 3. The van der Waals surface area contributed by atoms with Gasteiger partial charge >= 0.3 is 0 Å². The van der Waals surface area contributed by atoms with E-state index in [9.17, 15) is 4.79 Å². The average Bonchev–Trinajstić information content (AvgIpc) is 3.24. The molecule has 2 aromatic heterocycles. The summed E-state index contributed by atoms with van der Waals surface area (Å²) in [6, 6.07) is 11.8. The highest BCUT2D eigenvalue weighted by Crippen LogP contribution is 2.29. The van der Waals surface area contributed by atoms with Gasteiger partial charge in [0.15, 0.2) is 5.82 Å². The van der Waals surface area contributed by atoms with Crippen molar-refractivity contribution >= 4 is 45.9 Å². The van der Waals surface area contributed by atoms with E-state index in [0.29, 0.717) is 25.5 Å². The number of fused-ring (bicyclic) bond motifs is 1. The van der Waals surface area contributed by atoms with Crippen LogP contribution in [0.15, 0.2) is 46.8 Å². The number of ether oxygens (including phenoxy) is 1. The SMILES string of the molecule is O=C(CSc1nc2ccccc2nc1N1CCOCC1)NCc1cccs1. The minimum absolute atomic E-state index is 0.00344. The molecule has 3 heterocycles. The highest BCUT2D eigenvalue weighted by atomic mass is 32.2. The molecular formula is C19H20N4O2S2. The van der Waals surface area contributed by atoms with E-state index >= 15 is 0 Å². The van der Waals surface area contributed by atoms with Gasteiger partial charge in [-0.05, 0) is 23.6 Å². The van der Waals surface area contributed by atoms with E-state index < -0.39 is 0 Å². The number of benzene rings is 1. The third-order valence-electron chi connectivity index (χ3n) is 4.21. The van der Waals surface area contributed by atoms with Crippen molar-refractivity contribution in [2.75, 3.05) is 37.0 Å². The van der Waals surface area contributed by atoms with Crippen LogP contribution in [0.25, 0.3) is 11.0 Å². The lowest BCUT2D eigenvalue weighted by Gasteiger charge is -2.29. The van der Waals surface area contributed by atoms with Crippen LogP contribution in [-0.2, 0) is 16.1 Å². The second kappa shape index (κ2) is 8.69. The first-order valence-corrected chi connectivity index (χ1v) is 10.7. The molecule has 0 atom stereocenters. The van der Waals surface area contributed by atoms with Gasteiger partial charge in [0.25, 0.3) is 0 Å². The maximum atomic E-state index is 12.3. The predicted molar refractivity (Wildman–Crippen MR) is 109 cm³/mol. The normalized spacial score (nSPS) is 14.4. The van der Waals surface area contributed by atoms with Gasteiger partial charge in [0.05, 0.1) is 36.5 Å². The molecule has 0 saturated carbocycles. The molecule has 3 aromatic rings. The molecule has 1 aromatic carbocycles. The standard InChI is InChI=1S/C19H20N4O2S2/c24-17(20-12-14-4-3-11-26-14)13-27-19-18(23-7-9-25-10-8-23)21-15-5-1-2-6-16(15)22-19/h1-6,11H,7-10,12-13H2,(H,20,24). The van der Waals surface area contributed by atoms with Crippen LogP contribution >= 0.6 is 23.1 Å². The third-order valence-corrected chi connectivity index (χ3v) is 6.04. The number of thiophene rings is 1. The molecule has 140 valence electrons. The monoisotopic (exact) mass is 400 g/mol. The van der Waals surface area contributed by atoms with Crippen molar-refractivity contribution in [1.82, 2.24) is 15.3 Å². The quantitative estimate of drug-likeness (QED) is 0.642. The molecule has 27 heavy (non-hydrogen) atoms. The van der Waals surface area contributed by atoms with E-state index in [1.807, 2.05) is 41.8 Å². The Morgan fingerprint density at radius 2 is 1.93 bits per heavy atom. The van der Waals surface area contributed by atoms with Crippen LogP contribution < -0.4 is 10.2 Å². The van der Waals surface area contributed by atoms with E-state index in [1.165, 1.54) is 11.8 Å². The second-order valence-electron chi connectivity index (χ2n) is 6.09. The molecule has 8 heteroatoms. The minimum Gasteiger partial charge on any atom is -0.378 e. The van der Waals surface area contributed by atoms with E-state index in [-0.39, 0.29) is 5.91 Å². The average molecular weight is 401 g/mol. The van der Waals surface area contributed by atoms with Crippen LogP contribution in [0.2, 0.25) is 0 Å². The minimum atomic E-state index is -0.00344. The number of nitrogens with one attached hydrogen (secondary N) is 1. The molecule has 1 N–H and O–H groups in total. The largest absolute Gasteiger partial charge is 0.378 e. The highest BCUT2D eigenvalue weighted by molar-refractivity contribution is 8.00. The first-order valence-electron chi connectivity index (χ1n) is 8.81. The maximum Gasteiger partial charge on any atom is 0.230 e. The molecule has 6 nitrogen and oxygen atoms in total. The molecule has 0 bridgehead atoms. The van der Waals surface area contributed by atoms with Gasteiger partial charge in [-0.2, -0.15) is 0 Å². The number of hydrogen-bond acceptors (Lipinski definition) is 7. The summed E-state index contributed by atoms with van der Waals surface area (Å²) >= 11 is 3.08. The summed E-state index contributed by atoms with van der Waals surface area (Å²) in [5.41, 5.74) is 1.71. The lowest BCUT2D eigenvalue weighted by atomic mass is 10.3. The Labute approximate surface area is 166 Å². The number of amides is 1.